The van der Waals surface area contributed by atoms with E-state index in [0.717, 1.165) is 31.3 Å². The highest BCUT2D eigenvalue weighted by Crippen LogP contribution is 2.10. The molecule has 0 aliphatic carbocycles. The van der Waals surface area contributed by atoms with Crippen molar-refractivity contribution in [2.24, 2.45) is 5.92 Å². The van der Waals surface area contributed by atoms with Gasteiger partial charge in [0.05, 0.1) is 19.4 Å². The van der Waals surface area contributed by atoms with E-state index in [4.69, 9.17) is 9.47 Å². The third-order valence-electron chi connectivity index (χ3n) is 3.20. The summed E-state index contributed by atoms with van der Waals surface area (Å²) in [6, 6.07) is 0. The Hall–Kier alpha value is -1.76. The lowest BCUT2D eigenvalue weighted by atomic mass is 10.1. The van der Waals surface area contributed by atoms with Crippen molar-refractivity contribution in [1.29, 1.82) is 0 Å². The second-order valence-corrected chi connectivity index (χ2v) is 6.44. The zero-order valence-corrected chi connectivity index (χ0v) is 15.7. The van der Waals surface area contributed by atoms with Gasteiger partial charge in [-0.05, 0) is 31.3 Å². The lowest BCUT2D eigenvalue weighted by molar-refractivity contribution is -0.152. The molecule has 0 aromatic carbocycles. The zero-order valence-electron chi connectivity index (χ0n) is 15.7. The van der Waals surface area contributed by atoms with Gasteiger partial charge in [0.25, 0.3) is 0 Å². The Kier molecular flexibility index (Phi) is 12.7. The van der Waals surface area contributed by atoms with Gasteiger partial charge in [-0.15, -0.1) is 0 Å². The number of rotatable bonds is 11. The van der Waals surface area contributed by atoms with Crippen LogP contribution in [0.2, 0.25) is 0 Å². The Labute approximate surface area is 147 Å². The summed E-state index contributed by atoms with van der Waals surface area (Å²) in [6.07, 6.45) is 4.50. The molecule has 0 amide bonds. The van der Waals surface area contributed by atoms with Crippen molar-refractivity contribution in [3.05, 3.63) is 12.2 Å². The number of ether oxygens (including phenoxy) is 2. The summed E-state index contributed by atoms with van der Waals surface area (Å²) in [5.41, 5.74) is 0.728. The lowest BCUT2D eigenvalue weighted by Crippen LogP contribution is -2.19. The molecule has 0 saturated carbocycles. The minimum atomic E-state index is -0.459. The molecule has 0 radical (unpaired) electrons. The second kappa shape index (κ2) is 13.7. The number of carbonyl (C=O) groups excluding carboxylic acids is 2. The van der Waals surface area contributed by atoms with Crippen LogP contribution in [-0.2, 0) is 19.1 Å². The third-order valence-corrected chi connectivity index (χ3v) is 3.20. The maximum Gasteiger partial charge on any atom is 0.307 e. The number of esters is 2. The quantitative estimate of drug-likeness (QED) is 0.318. The summed E-state index contributed by atoms with van der Waals surface area (Å²) in [4.78, 5) is 23.5. The fourth-order valence-electron chi connectivity index (χ4n) is 1.98. The number of hydrogen-bond donors (Lipinski definition) is 0. The van der Waals surface area contributed by atoms with Crippen LogP contribution >= 0.6 is 0 Å². The number of carbonyl (C=O) groups is 2. The molecular formula is C20H32O4. The van der Waals surface area contributed by atoms with Gasteiger partial charge in [0.1, 0.15) is 0 Å². The van der Waals surface area contributed by atoms with Crippen molar-refractivity contribution < 1.29 is 19.1 Å². The van der Waals surface area contributed by atoms with Gasteiger partial charge in [-0.1, -0.05) is 58.5 Å². The highest BCUT2D eigenvalue weighted by molar-refractivity contribution is 5.77. The Morgan fingerprint density at radius 2 is 1.75 bits per heavy atom. The van der Waals surface area contributed by atoms with Gasteiger partial charge in [0, 0.05) is 0 Å². The smallest absolute Gasteiger partial charge is 0.307 e. The summed E-state index contributed by atoms with van der Waals surface area (Å²) < 4.78 is 10.5. The SMILES string of the molecule is C=C(C)C#CC(CC(C)C)OC(=O)CCC(=O)OCCCCCC. The highest BCUT2D eigenvalue weighted by atomic mass is 16.5. The van der Waals surface area contributed by atoms with Crippen molar-refractivity contribution in [2.75, 3.05) is 6.61 Å². The van der Waals surface area contributed by atoms with Crippen LogP contribution in [0.3, 0.4) is 0 Å². The Morgan fingerprint density at radius 3 is 2.33 bits per heavy atom. The number of hydrogen-bond acceptors (Lipinski definition) is 4. The van der Waals surface area contributed by atoms with E-state index in [-0.39, 0.29) is 18.8 Å². The molecule has 0 aliphatic heterocycles. The summed E-state index contributed by atoms with van der Waals surface area (Å²) in [6.45, 7) is 12.2. The van der Waals surface area contributed by atoms with E-state index in [1.54, 1.807) is 6.92 Å². The van der Waals surface area contributed by atoms with E-state index in [2.05, 4.69) is 25.3 Å². The second-order valence-electron chi connectivity index (χ2n) is 6.44. The fourth-order valence-corrected chi connectivity index (χ4v) is 1.98. The van der Waals surface area contributed by atoms with Crippen LogP contribution in [0, 0.1) is 17.8 Å². The molecule has 0 fully saturated rings. The topological polar surface area (TPSA) is 52.6 Å². The molecule has 0 saturated heterocycles. The van der Waals surface area contributed by atoms with E-state index in [0.29, 0.717) is 18.9 Å². The molecule has 1 atom stereocenters. The molecule has 1 unspecified atom stereocenters. The summed E-state index contributed by atoms with van der Waals surface area (Å²) in [5.74, 6) is 5.36. The average Bonchev–Trinajstić information content (AvgIpc) is 2.50. The molecule has 0 heterocycles. The molecule has 0 spiro atoms. The maximum atomic E-state index is 11.9. The monoisotopic (exact) mass is 336 g/mol. The molecule has 0 aliphatic rings. The van der Waals surface area contributed by atoms with Crippen molar-refractivity contribution in [2.45, 2.75) is 78.7 Å². The zero-order chi connectivity index (χ0) is 18.4. The van der Waals surface area contributed by atoms with E-state index in [1.165, 1.54) is 0 Å². The van der Waals surface area contributed by atoms with Crippen molar-refractivity contribution >= 4 is 11.9 Å². The first kappa shape index (κ1) is 22.2. The van der Waals surface area contributed by atoms with Crippen LogP contribution in [0.15, 0.2) is 12.2 Å². The van der Waals surface area contributed by atoms with Crippen LogP contribution in [-0.4, -0.2) is 24.6 Å². The molecule has 0 bridgehead atoms. The first-order valence-corrected chi connectivity index (χ1v) is 8.87. The van der Waals surface area contributed by atoms with Gasteiger partial charge >= 0.3 is 11.9 Å². The fraction of sp³-hybridized carbons (Fsp3) is 0.700. The predicted molar refractivity (Wildman–Crippen MR) is 96.3 cm³/mol. The van der Waals surface area contributed by atoms with E-state index in [9.17, 15) is 9.59 Å². The van der Waals surface area contributed by atoms with Crippen LogP contribution in [0.5, 0.6) is 0 Å². The van der Waals surface area contributed by atoms with Gasteiger partial charge in [0.15, 0.2) is 6.10 Å². The summed E-state index contributed by atoms with van der Waals surface area (Å²) in [7, 11) is 0. The summed E-state index contributed by atoms with van der Waals surface area (Å²) >= 11 is 0. The third kappa shape index (κ3) is 13.9. The van der Waals surface area contributed by atoms with Gasteiger partial charge < -0.3 is 9.47 Å². The molecule has 4 nitrogen and oxygen atoms in total. The molecule has 0 N–H and O–H groups in total. The van der Waals surface area contributed by atoms with Crippen molar-refractivity contribution in [3.8, 4) is 11.8 Å². The Balaban J connectivity index is 4.13. The van der Waals surface area contributed by atoms with Gasteiger partial charge in [-0.25, -0.2) is 0 Å². The molecule has 24 heavy (non-hydrogen) atoms. The summed E-state index contributed by atoms with van der Waals surface area (Å²) in [5, 5.41) is 0. The van der Waals surface area contributed by atoms with Crippen LogP contribution < -0.4 is 0 Å². The van der Waals surface area contributed by atoms with E-state index < -0.39 is 12.1 Å². The van der Waals surface area contributed by atoms with Gasteiger partial charge in [-0.3, -0.25) is 9.59 Å². The Morgan fingerprint density at radius 1 is 1.08 bits per heavy atom. The van der Waals surface area contributed by atoms with Crippen molar-refractivity contribution in [3.63, 3.8) is 0 Å². The maximum absolute atomic E-state index is 11.9. The molecule has 4 heteroatoms. The highest BCUT2D eigenvalue weighted by Gasteiger charge is 2.15. The largest absolute Gasteiger partial charge is 0.466 e. The van der Waals surface area contributed by atoms with Crippen LogP contribution in [0.25, 0.3) is 0 Å². The molecule has 0 aromatic heterocycles. The molecule has 0 rings (SSSR count). The first-order valence-electron chi connectivity index (χ1n) is 8.87. The van der Waals surface area contributed by atoms with Gasteiger partial charge in [0.2, 0.25) is 0 Å². The van der Waals surface area contributed by atoms with Crippen molar-refractivity contribution in [1.82, 2.24) is 0 Å². The van der Waals surface area contributed by atoms with E-state index in [1.807, 2.05) is 13.8 Å². The lowest BCUT2D eigenvalue weighted by Gasteiger charge is -2.14. The number of unbranched alkanes of at least 4 members (excludes halogenated alkanes) is 3. The Bertz CT molecular complexity index is 454. The minimum Gasteiger partial charge on any atom is -0.466 e. The molecule has 0 aromatic rings. The average molecular weight is 336 g/mol. The van der Waals surface area contributed by atoms with Crippen LogP contribution in [0.4, 0.5) is 0 Å². The number of allylic oxidation sites excluding steroid dienone is 1. The predicted octanol–water partition coefficient (Wildman–Crippen LogP) is 4.43. The van der Waals surface area contributed by atoms with Crippen LogP contribution in [0.1, 0.15) is 72.6 Å². The molecule has 136 valence electrons. The first-order chi connectivity index (χ1) is 11.3. The molecular weight excluding hydrogens is 304 g/mol. The minimum absolute atomic E-state index is 0.0249. The normalized spacial score (nSPS) is 11.4. The van der Waals surface area contributed by atoms with Gasteiger partial charge in [-0.2, -0.15) is 0 Å². The van der Waals surface area contributed by atoms with E-state index >= 15 is 0 Å². The standard InChI is InChI=1S/C20H32O4/c1-6-7-8-9-14-23-19(21)12-13-20(22)24-18(15-17(4)5)11-10-16(2)3/h17-18H,2,6-9,12-15H2,1,3-5H3.